The van der Waals surface area contributed by atoms with Gasteiger partial charge in [-0.15, -0.1) is 0 Å². The zero-order valence-electron chi connectivity index (χ0n) is 15.3. The van der Waals surface area contributed by atoms with Crippen LogP contribution in [0.4, 0.5) is 10.2 Å². The third kappa shape index (κ3) is 4.25. The quantitative estimate of drug-likeness (QED) is 0.770. The molecule has 0 aliphatic carbocycles. The molecule has 2 amide bonds. The number of anilines is 1. The molecular formula is C20H19FN4O2. The number of hydrogen-bond acceptors (Lipinski definition) is 4. The largest absolute Gasteiger partial charge is 0.332 e. The fourth-order valence-electron chi connectivity index (χ4n) is 2.79. The van der Waals surface area contributed by atoms with Gasteiger partial charge in [-0.3, -0.25) is 14.6 Å². The van der Waals surface area contributed by atoms with E-state index in [-0.39, 0.29) is 18.4 Å². The van der Waals surface area contributed by atoms with Crippen molar-refractivity contribution in [3.8, 4) is 0 Å². The van der Waals surface area contributed by atoms with Gasteiger partial charge in [-0.2, -0.15) is 0 Å². The zero-order chi connectivity index (χ0) is 19.6. The summed E-state index contributed by atoms with van der Waals surface area (Å²) in [6.07, 6.45) is 1.60. The topological polar surface area (TPSA) is 75.2 Å². The average molecular weight is 366 g/mol. The van der Waals surface area contributed by atoms with E-state index in [1.165, 1.54) is 30.1 Å². The number of rotatable bonds is 4. The van der Waals surface area contributed by atoms with Crippen LogP contribution in [0, 0.1) is 19.7 Å². The molecule has 6 nitrogen and oxygen atoms in total. The molecule has 1 N–H and O–H groups in total. The Hall–Kier alpha value is -3.35. The first kappa shape index (κ1) is 18.4. The number of benzene rings is 1. The second-order valence-corrected chi connectivity index (χ2v) is 6.40. The van der Waals surface area contributed by atoms with Gasteiger partial charge in [0, 0.05) is 30.4 Å². The number of carbonyl (C=O) groups is 2. The van der Waals surface area contributed by atoms with E-state index in [4.69, 9.17) is 0 Å². The normalized spacial score (nSPS) is 10.7. The Kier molecular flexibility index (Phi) is 5.12. The molecule has 2 heterocycles. The maximum atomic E-state index is 13.5. The predicted molar refractivity (Wildman–Crippen MR) is 101 cm³/mol. The number of aryl methyl sites for hydroxylation is 2. The number of fused-ring (bicyclic) bond motifs is 1. The van der Waals surface area contributed by atoms with Gasteiger partial charge in [-0.1, -0.05) is 0 Å². The van der Waals surface area contributed by atoms with Gasteiger partial charge in [0.25, 0.3) is 5.91 Å². The summed E-state index contributed by atoms with van der Waals surface area (Å²) in [5, 5.41) is 3.21. The van der Waals surface area contributed by atoms with Gasteiger partial charge in [-0.05, 0) is 49.7 Å². The molecule has 0 spiro atoms. The molecule has 0 radical (unpaired) electrons. The molecule has 0 aliphatic heterocycles. The number of aromatic nitrogens is 2. The van der Waals surface area contributed by atoms with Gasteiger partial charge >= 0.3 is 0 Å². The van der Waals surface area contributed by atoms with Gasteiger partial charge in [0.15, 0.2) is 0 Å². The highest BCUT2D eigenvalue weighted by molar-refractivity contribution is 6.07. The fraction of sp³-hybridized carbons (Fsp3) is 0.200. The van der Waals surface area contributed by atoms with Crippen LogP contribution in [0.25, 0.3) is 10.9 Å². The van der Waals surface area contributed by atoms with Gasteiger partial charge in [0.2, 0.25) is 5.91 Å². The molecule has 0 saturated carbocycles. The Balaban J connectivity index is 1.79. The van der Waals surface area contributed by atoms with E-state index >= 15 is 0 Å². The highest BCUT2D eigenvalue weighted by atomic mass is 19.1. The predicted octanol–water partition coefficient (Wildman–Crippen LogP) is 3.10. The molecule has 2 aromatic heterocycles. The first-order valence-corrected chi connectivity index (χ1v) is 8.38. The third-order valence-corrected chi connectivity index (χ3v) is 4.04. The number of pyridine rings is 2. The van der Waals surface area contributed by atoms with Crippen LogP contribution in [-0.4, -0.2) is 40.3 Å². The Bertz CT molecular complexity index is 1030. The molecular weight excluding hydrogens is 347 g/mol. The number of carbonyl (C=O) groups excluding carboxylic acids is 2. The standard InChI is InChI=1S/C20H19FN4O2/c1-12-6-7-22-18(8-12)24-19(26)11-25(3)20(27)16-9-13(2)23-17-10-14(21)4-5-15(16)17/h4-10H,11H2,1-3H3,(H,22,24,26). The SMILES string of the molecule is Cc1ccnc(NC(=O)CN(C)C(=O)c2cc(C)nc3cc(F)ccc23)c1. The Labute approximate surface area is 156 Å². The molecule has 0 saturated heterocycles. The van der Waals surface area contributed by atoms with Crippen LogP contribution in [-0.2, 0) is 4.79 Å². The van der Waals surface area contributed by atoms with Crippen LogP contribution in [0.2, 0.25) is 0 Å². The summed E-state index contributed by atoms with van der Waals surface area (Å²) < 4.78 is 13.5. The molecule has 0 aliphatic rings. The number of likely N-dealkylation sites (N-methyl/N-ethyl adjacent to an activating group) is 1. The Morgan fingerprint density at radius 2 is 1.93 bits per heavy atom. The highest BCUT2D eigenvalue weighted by Crippen LogP contribution is 2.21. The molecule has 7 heteroatoms. The summed E-state index contributed by atoms with van der Waals surface area (Å²) in [4.78, 5) is 34.7. The molecule has 1 aromatic carbocycles. The van der Waals surface area contributed by atoms with Crippen molar-refractivity contribution in [1.29, 1.82) is 0 Å². The van der Waals surface area contributed by atoms with E-state index in [0.29, 0.717) is 28.0 Å². The van der Waals surface area contributed by atoms with Crippen LogP contribution < -0.4 is 5.32 Å². The number of hydrogen-bond donors (Lipinski definition) is 1. The van der Waals surface area contributed by atoms with E-state index in [9.17, 15) is 14.0 Å². The van der Waals surface area contributed by atoms with Crippen molar-refractivity contribution < 1.29 is 14.0 Å². The lowest BCUT2D eigenvalue weighted by atomic mass is 10.1. The van der Waals surface area contributed by atoms with Gasteiger partial charge in [-0.25, -0.2) is 9.37 Å². The van der Waals surface area contributed by atoms with Gasteiger partial charge in [0.05, 0.1) is 17.6 Å². The van der Waals surface area contributed by atoms with E-state index < -0.39 is 5.82 Å². The van der Waals surface area contributed by atoms with E-state index in [1.807, 2.05) is 13.0 Å². The van der Waals surface area contributed by atoms with Crippen LogP contribution in [0.5, 0.6) is 0 Å². The smallest absolute Gasteiger partial charge is 0.254 e. The maximum Gasteiger partial charge on any atom is 0.254 e. The summed E-state index contributed by atoms with van der Waals surface area (Å²) >= 11 is 0. The molecule has 0 bridgehead atoms. The molecule has 3 rings (SSSR count). The van der Waals surface area contributed by atoms with Gasteiger partial charge in [0.1, 0.15) is 11.6 Å². The van der Waals surface area contributed by atoms with Crippen LogP contribution >= 0.6 is 0 Å². The fourth-order valence-corrected chi connectivity index (χ4v) is 2.79. The zero-order valence-corrected chi connectivity index (χ0v) is 15.3. The summed E-state index contributed by atoms with van der Waals surface area (Å²) in [5.74, 6) is -0.687. The monoisotopic (exact) mass is 366 g/mol. The molecule has 138 valence electrons. The van der Waals surface area contributed by atoms with E-state index in [1.54, 1.807) is 25.3 Å². The maximum absolute atomic E-state index is 13.5. The van der Waals surface area contributed by atoms with Crippen molar-refractivity contribution in [2.24, 2.45) is 0 Å². The lowest BCUT2D eigenvalue weighted by Gasteiger charge is -2.18. The highest BCUT2D eigenvalue weighted by Gasteiger charge is 2.19. The second-order valence-electron chi connectivity index (χ2n) is 6.40. The number of nitrogens with zero attached hydrogens (tertiary/aromatic N) is 3. The minimum absolute atomic E-state index is 0.140. The van der Waals surface area contributed by atoms with Gasteiger partial charge < -0.3 is 10.2 Å². The van der Waals surface area contributed by atoms with Crippen molar-refractivity contribution >= 4 is 28.5 Å². The average Bonchev–Trinajstić information content (AvgIpc) is 2.59. The molecule has 0 fully saturated rings. The van der Waals surface area contributed by atoms with Crippen molar-refractivity contribution in [2.75, 3.05) is 18.9 Å². The Morgan fingerprint density at radius 1 is 1.15 bits per heavy atom. The lowest BCUT2D eigenvalue weighted by molar-refractivity contribution is -0.116. The molecule has 3 aromatic rings. The molecule has 27 heavy (non-hydrogen) atoms. The van der Waals surface area contributed by atoms with Crippen LogP contribution in [0.3, 0.4) is 0 Å². The van der Waals surface area contributed by atoms with E-state index in [0.717, 1.165) is 5.56 Å². The van der Waals surface area contributed by atoms with Crippen molar-refractivity contribution in [3.05, 3.63) is 65.2 Å². The summed E-state index contributed by atoms with van der Waals surface area (Å²) in [6.45, 7) is 3.49. The first-order chi connectivity index (χ1) is 12.8. The van der Waals surface area contributed by atoms with Crippen molar-refractivity contribution in [3.63, 3.8) is 0 Å². The molecule has 0 atom stereocenters. The summed E-state index contributed by atoms with van der Waals surface area (Å²) in [5.41, 5.74) is 2.34. The minimum Gasteiger partial charge on any atom is -0.332 e. The van der Waals surface area contributed by atoms with Crippen LogP contribution in [0.15, 0.2) is 42.6 Å². The first-order valence-electron chi connectivity index (χ1n) is 8.38. The minimum atomic E-state index is -0.419. The number of halogens is 1. The third-order valence-electron chi connectivity index (χ3n) is 4.04. The second kappa shape index (κ2) is 7.49. The molecule has 0 unspecified atom stereocenters. The Morgan fingerprint density at radius 3 is 2.67 bits per heavy atom. The lowest BCUT2D eigenvalue weighted by Crippen LogP contribution is -2.35. The summed E-state index contributed by atoms with van der Waals surface area (Å²) in [6, 6.07) is 9.30. The van der Waals surface area contributed by atoms with E-state index in [2.05, 4.69) is 15.3 Å². The number of amides is 2. The number of nitrogens with one attached hydrogen (secondary N) is 1. The van der Waals surface area contributed by atoms with Crippen molar-refractivity contribution in [2.45, 2.75) is 13.8 Å². The van der Waals surface area contributed by atoms with Crippen molar-refractivity contribution in [1.82, 2.24) is 14.9 Å². The van der Waals surface area contributed by atoms with Crippen LogP contribution in [0.1, 0.15) is 21.6 Å². The summed E-state index contributed by atoms with van der Waals surface area (Å²) in [7, 11) is 1.54.